The zero-order valence-electron chi connectivity index (χ0n) is 8.51. The molecule has 76 valence electrons. The molecular weight excluding hydrogens is 283 g/mol. The van der Waals surface area contributed by atoms with E-state index < -0.39 is 0 Å². The van der Waals surface area contributed by atoms with Crippen molar-refractivity contribution < 1.29 is 0 Å². The van der Waals surface area contributed by atoms with Crippen LogP contribution in [0.4, 0.5) is 0 Å². The summed E-state index contributed by atoms with van der Waals surface area (Å²) in [5.74, 6) is 0. The Hall–Kier alpha value is -0.310. The molecule has 1 rings (SSSR count). The van der Waals surface area contributed by atoms with Gasteiger partial charge in [-0.25, -0.2) is 0 Å². The Bertz CT molecular complexity index is 269. The number of hydrogen-bond acceptors (Lipinski definition) is 0. The van der Waals surface area contributed by atoms with Crippen LogP contribution in [0.1, 0.15) is 25.7 Å². The predicted molar refractivity (Wildman–Crippen MR) is 72.9 cm³/mol. The first kappa shape index (κ1) is 11.8. The van der Waals surface area contributed by atoms with Crippen LogP contribution in [0.3, 0.4) is 0 Å². The van der Waals surface area contributed by atoms with Crippen LogP contribution in [0.15, 0.2) is 48.1 Å². The van der Waals surface area contributed by atoms with Gasteiger partial charge in [-0.05, 0) is 41.3 Å². The molecule has 14 heavy (non-hydrogen) atoms. The topological polar surface area (TPSA) is 0 Å². The molecule has 0 nitrogen and oxygen atoms in total. The lowest BCUT2D eigenvalue weighted by Gasteiger charge is -2.12. The van der Waals surface area contributed by atoms with Crippen molar-refractivity contribution in [2.45, 2.75) is 25.7 Å². The highest BCUT2D eigenvalue weighted by molar-refractivity contribution is 14.1. The number of rotatable bonds is 5. The summed E-state index contributed by atoms with van der Waals surface area (Å²) in [4.78, 5) is 0. The van der Waals surface area contributed by atoms with E-state index in [-0.39, 0.29) is 0 Å². The van der Waals surface area contributed by atoms with E-state index in [1.54, 1.807) is 0 Å². The van der Waals surface area contributed by atoms with Crippen LogP contribution in [0.25, 0.3) is 0 Å². The fraction of sp³-hybridized carbons (Fsp3) is 0.385. The van der Waals surface area contributed by atoms with E-state index in [9.17, 15) is 0 Å². The molecule has 0 heterocycles. The van der Waals surface area contributed by atoms with Gasteiger partial charge in [-0.3, -0.25) is 0 Å². The molecule has 0 saturated heterocycles. The van der Waals surface area contributed by atoms with Crippen molar-refractivity contribution in [3.63, 3.8) is 0 Å². The molecule has 0 spiro atoms. The van der Waals surface area contributed by atoms with Crippen molar-refractivity contribution in [2.75, 3.05) is 4.43 Å². The molecular formula is C13H17I. The maximum atomic E-state index is 3.78. The summed E-state index contributed by atoms with van der Waals surface area (Å²) in [6.45, 7) is 3.78. The molecule has 0 fully saturated rings. The summed E-state index contributed by atoms with van der Waals surface area (Å²) in [5.41, 5.74) is 2.97. The molecule has 1 aliphatic rings. The minimum Gasteiger partial charge on any atom is -0.0991 e. The first-order chi connectivity index (χ1) is 6.88. The molecule has 0 aliphatic heterocycles. The van der Waals surface area contributed by atoms with Crippen LogP contribution in [0.2, 0.25) is 0 Å². The molecule has 0 aromatic heterocycles. The third kappa shape index (κ3) is 3.82. The van der Waals surface area contributed by atoms with Crippen molar-refractivity contribution in [1.29, 1.82) is 0 Å². The molecule has 1 heteroatoms. The Morgan fingerprint density at radius 1 is 1.57 bits per heavy atom. The van der Waals surface area contributed by atoms with Gasteiger partial charge in [0.05, 0.1) is 0 Å². The number of alkyl halides is 1. The standard InChI is InChI=1S/C13H17I/c1-2-7-12(10-6-11-14)13-8-4-3-5-9-13/h2-4,7-8H,1,5-6,9-11H2/b12-7+. The molecule has 0 amide bonds. The third-order valence-corrected chi connectivity index (χ3v) is 3.09. The van der Waals surface area contributed by atoms with E-state index in [4.69, 9.17) is 0 Å². The van der Waals surface area contributed by atoms with Gasteiger partial charge in [-0.15, -0.1) is 0 Å². The summed E-state index contributed by atoms with van der Waals surface area (Å²) < 4.78 is 1.23. The van der Waals surface area contributed by atoms with E-state index in [0.717, 1.165) is 0 Å². The summed E-state index contributed by atoms with van der Waals surface area (Å²) in [5, 5.41) is 0. The van der Waals surface area contributed by atoms with Crippen molar-refractivity contribution >= 4 is 22.6 Å². The number of allylic oxidation sites excluding steroid dienone is 7. The van der Waals surface area contributed by atoms with Gasteiger partial charge in [0, 0.05) is 0 Å². The Kier molecular flexibility index (Phi) is 5.92. The van der Waals surface area contributed by atoms with E-state index in [1.165, 1.54) is 41.3 Å². The lowest BCUT2D eigenvalue weighted by atomic mass is 9.94. The van der Waals surface area contributed by atoms with Gasteiger partial charge in [0.15, 0.2) is 0 Å². The maximum Gasteiger partial charge on any atom is -0.000156 e. The van der Waals surface area contributed by atoms with Crippen LogP contribution < -0.4 is 0 Å². The van der Waals surface area contributed by atoms with Crippen molar-refractivity contribution in [2.24, 2.45) is 0 Å². The zero-order chi connectivity index (χ0) is 10.2. The lowest BCUT2D eigenvalue weighted by molar-refractivity contribution is 0.883. The average Bonchev–Trinajstić information content (AvgIpc) is 2.25. The second-order valence-corrected chi connectivity index (χ2v) is 4.46. The molecule has 0 aromatic carbocycles. The highest BCUT2D eigenvalue weighted by Gasteiger charge is 2.05. The van der Waals surface area contributed by atoms with Crippen LogP contribution in [0, 0.1) is 0 Å². The minimum atomic E-state index is 1.19. The average molecular weight is 300 g/mol. The molecule has 0 radical (unpaired) electrons. The van der Waals surface area contributed by atoms with Crippen molar-refractivity contribution in [3.05, 3.63) is 48.1 Å². The highest BCUT2D eigenvalue weighted by atomic mass is 127. The summed E-state index contributed by atoms with van der Waals surface area (Å²) in [6, 6.07) is 0. The molecule has 0 aromatic rings. The van der Waals surface area contributed by atoms with Crippen LogP contribution in [-0.2, 0) is 0 Å². The second kappa shape index (κ2) is 7.04. The van der Waals surface area contributed by atoms with Crippen molar-refractivity contribution in [3.8, 4) is 0 Å². The Morgan fingerprint density at radius 2 is 2.43 bits per heavy atom. The van der Waals surface area contributed by atoms with Gasteiger partial charge < -0.3 is 0 Å². The van der Waals surface area contributed by atoms with Gasteiger partial charge in [0.2, 0.25) is 0 Å². The predicted octanol–water partition coefficient (Wildman–Crippen LogP) is 4.59. The third-order valence-electron chi connectivity index (χ3n) is 2.33. The fourth-order valence-electron chi connectivity index (χ4n) is 1.62. The lowest BCUT2D eigenvalue weighted by Crippen LogP contribution is -1.93. The van der Waals surface area contributed by atoms with E-state index in [1.807, 2.05) is 6.08 Å². The molecule has 0 saturated carbocycles. The normalized spacial score (nSPS) is 16.6. The molecule has 1 aliphatic carbocycles. The van der Waals surface area contributed by atoms with E-state index >= 15 is 0 Å². The Morgan fingerprint density at radius 3 is 3.00 bits per heavy atom. The van der Waals surface area contributed by atoms with E-state index in [0.29, 0.717) is 0 Å². The zero-order valence-corrected chi connectivity index (χ0v) is 10.7. The molecule has 0 unspecified atom stereocenters. The number of hydrogen-bond donors (Lipinski definition) is 0. The Labute approximate surface area is 101 Å². The maximum absolute atomic E-state index is 3.78. The number of halogens is 1. The summed E-state index contributed by atoms with van der Waals surface area (Å²) in [7, 11) is 0. The molecule has 0 bridgehead atoms. The Balaban J connectivity index is 2.66. The van der Waals surface area contributed by atoms with Crippen molar-refractivity contribution in [1.82, 2.24) is 0 Å². The summed E-state index contributed by atoms with van der Waals surface area (Å²) in [6.07, 6.45) is 15.5. The van der Waals surface area contributed by atoms with Gasteiger partial charge >= 0.3 is 0 Å². The SMILES string of the molecule is C=C/C=C(\CCCI)C1=CC=CCC1. The monoisotopic (exact) mass is 300 g/mol. The van der Waals surface area contributed by atoms with Gasteiger partial charge in [-0.1, -0.05) is 59.5 Å². The smallest absolute Gasteiger partial charge is 0.000156 e. The van der Waals surface area contributed by atoms with Crippen LogP contribution in [-0.4, -0.2) is 4.43 Å². The van der Waals surface area contributed by atoms with Gasteiger partial charge in [0.25, 0.3) is 0 Å². The molecule has 0 atom stereocenters. The largest absolute Gasteiger partial charge is 0.0991 e. The molecule has 0 N–H and O–H groups in total. The second-order valence-electron chi connectivity index (χ2n) is 3.38. The fourth-order valence-corrected chi connectivity index (χ4v) is 2.00. The van der Waals surface area contributed by atoms with E-state index in [2.05, 4.69) is 53.5 Å². The van der Waals surface area contributed by atoms with Crippen LogP contribution >= 0.6 is 22.6 Å². The first-order valence-electron chi connectivity index (χ1n) is 5.12. The van der Waals surface area contributed by atoms with Crippen LogP contribution in [0.5, 0.6) is 0 Å². The van der Waals surface area contributed by atoms with Gasteiger partial charge in [-0.2, -0.15) is 0 Å². The first-order valence-corrected chi connectivity index (χ1v) is 6.64. The minimum absolute atomic E-state index is 1.19. The highest BCUT2D eigenvalue weighted by Crippen LogP contribution is 2.24. The van der Waals surface area contributed by atoms with Gasteiger partial charge in [0.1, 0.15) is 0 Å². The summed E-state index contributed by atoms with van der Waals surface area (Å²) >= 11 is 2.43. The quantitative estimate of drug-likeness (QED) is 0.396.